The van der Waals surface area contributed by atoms with Crippen molar-refractivity contribution in [3.05, 3.63) is 58.4 Å². The number of esters is 1. The first-order valence-corrected chi connectivity index (χ1v) is 8.77. The number of H-pyrrole nitrogens is 1. The van der Waals surface area contributed by atoms with Crippen molar-refractivity contribution in [2.45, 2.75) is 53.1 Å². The van der Waals surface area contributed by atoms with Crippen LogP contribution in [0.5, 0.6) is 0 Å². The van der Waals surface area contributed by atoms with Gasteiger partial charge in [0.1, 0.15) is 0 Å². The van der Waals surface area contributed by atoms with Crippen LogP contribution >= 0.6 is 0 Å². The number of carbonyl (C=O) groups excluding carboxylic acids is 3. The summed E-state index contributed by atoms with van der Waals surface area (Å²) in [4.78, 5) is 40.0. The van der Waals surface area contributed by atoms with Gasteiger partial charge in [-0.25, -0.2) is 0 Å². The molecule has 26 heavy (non-hydrogen) atoms. The normalized spacial score (nSPS) is 13.1. The number of aromatic amines is 1. The van der Waals surface area contributed by atoms with E-state index in [0.29, 0.717) is 28.9 Å². The number of hydrogen-bond donors (Lipinski definition) is 1. The number of aryl methyl sites for hydroxylation is 1. The molecule has 0 aliphatic heterocycles. The maximum absolute atomic E-state index is 12.7. The number of aromatic nitrogens is 1. The first-order valence-electron chi connectivity index (χ1n) is 8.77. The Hall–Kier alpha value is -2.69. The third-order valence-electron chi connectivity index (χ3n) is 4.59. The Kier molecular flexibility index (Phi) is 6.14. The minimum Gasteiger partial charge on any atom is -0.454 e. The van der Waals surface area contributed by atoms with Crippen molar-refractivity contribution in [1.29, 1.82) is 0 Å². The van der Waals surface area contributed by atoms with Gasteiger partial charge in [-0.3, -0.25) is 14.4 Å². The number of nitrogens with one attached hydrogen (secondary N) is 1. The van der Waals surface area contributed by atoms with Crippen LogP contribution in [0.15, 0.2) is 30.3 Å². The molecule has 5 nitrogen and oxygen atoms in total. The number of benzene rings is 1. The molecule has 1 aromatic carbocycles. The van der Waals surface area contributed by atoms with Crippen molar-refractivity contribution in [3.63, 3.8) is 0 Å². The molecule has 0 aliphatic carbocycles. The molecule has 1 N–H and O–H groups in total. The Balaban J connectivity index is 2.18. The molecule has 5 heteroatoms. The van der Waals surface area contributed by atoms with Crippen LogP contribution in [-0.4, -0.2) is 28.6 Å². The summed E-state index contributed by atoms with van der Waals surface area (Å²) in [5, 5.41) is 0. The molecule has 138 valence electrons. The van der Waals surface area contributed by atoms with Crippen LogP contribution in [0.2, 0.25) is 0 Å². The number of Topliss-reactive ketones (excluding diaryl/α,β-unsaturated/α-hetero) is 2. The van der Waals surface area contributed by atoms with Crippen molar-refractivity contribution in [2.24, 2.45) is 0 Å². The van der Waals surface area contributed by atoms with Crippen LogP contribution in [0, 0.1) is 13.8 Å². The van der Waals surface area contributed by atoms with E-state index in [2.05, 4.69) is 4.98 Å². The van der Waals surface area contributed by atoms with Gasteiger partial charge < -0.3 is 9.72 Å². The Morgan fingerprint density at radius 3 is 2.23 bits per heavy atom. The largest absolute Gasteiger partial charge is 0.454 e. The first kappa shape index (κ1) is 19.6. The summed E-state index contributed by atoms with van der Waals surface area (Å²) in [5.41, 5.74) is 2.94. The summed E-state index contributed by atoms with van der Waals surface area (Å²) in [7, 11) is 0. The van der Waals surface area contributed by atoms with E-state index in [0.717, 1.165) is 5.56 Å². The SMILES string of the molecule is CC[C@H](C(=O)O[C@@H](C)C(=O)c1[nH]c(C)c(C(C)=O)c1C)c1ccccc1. The highest BCUT2D eigenvalue weighted by atomic mass is 16.5. The van der Waals surface area contributed by atoms with Gasteiger partial charge in [0.15, 0.2) is 11.9 Å². The van der Waals surface area contributed by atoms with E-state index in [1.165, 1.54) is 6.92 Å². The molecule has 2 atom stereocenters. The van der Waals surface area contributed by atoms with Gasteiger partial charge in [-0.05, 0) is 45.2 Å². The van der Waals surface area contributed by atoms with Gasteiger partial charge in [0.05, 0.1) is 11.6 Å². The van der Waals surface area contributed by atoms with E-state index >= 15 is 0 Å². The van der Waals surface area contributed by atoms with Gasteiger partial charge in [0.2, 0.25) is 5.78 Å². The lowest BCUT2D eigenvalue weighted by molar-refractivity contribution is -0.148. The molecule has 1 aromatic heterocycles. The van der Waals surface area contributed by atoms with Crippen molar-refractivity contribution in [3.8, 4) is 0 Å². The maximum atomic E-state index is 12.7. The third-order valence-corrected chi connectivity index (χ3v) is 4.59. The lowest BCUT2D eigenvalue weighted by atomic mass is 9.96. The van der Waals surface area contributed by atoms with Crippen molar-refractivity contribution >= 4 is 17.5 Å². The molecule has 0 unspecified atom stereocenters. The lowest BCUT2D eigenvalue weighted by Gasteiger charge is -2.18. The average molecular weight is 355 g/mol. The molecule has 0 spiro atoms. The molecule has 1 heterocycles. The first-order chi connectivity index (χ1) is 12.3. The fourth-order valence-corrected chi connectivity index (χ4v) is 3.26. The molecule has 0 radical (unpaired) electrons. The van der Waals surface area contributed by atoms with Crippen molar-refractivity contribution < 1.29 is 19.1 Å². The van der Waals surface area contributed by atoms with Gasteiger partial charge >= 0.3 is 5.97 Å². The van der Waals surface area contributed by atoms with E-state index < -0.39 is 18.0 Å². The Bertz CT molecular complexity index is 820. The molecule has 0 saturated heterocycles. The topological polar surface area (TPSA) is 76.2 Å². The second-order valence-electron chi connectivity index (χ2n) is 6.50. The Morgan fingerprint density at radius 2 is 1.73 bits per heavy atom. The minimum absolute atomic E-state index is 0.102. The molecule has 0 bridgehead atoms. The zero-order valence-electron chi connectivity index (χ0n) is 15.9. The third kappa shape index (κ3) is 3.93. The quantitative estimate of drug-likeness (QED) is 0.598. The standard InChI is InChI=1S/C21H25NO4/c1-6-17(16-10-8-7-9-11-16)21(25)26-15(5)20(24)19-12(2)18(14(4)23)13(3)22-19/h7-11,15,17,22H,6H2,1-5H3/t15-,17-/m0/s1. The highest BCUT2D eigenvalue weighted by Gasteiger charge is 2.28. The second kappa shape index (κ2) is 8.13. The minimum atomic E-state index is -0.933. The summed E-state index contributed by atoms with van der Waals surface area (Å²) in [6.07, 6.45) is -0.351. The predicted molar refractivity (Wildman–Crippen MR) is 99.6 cm³/mol. The lowest BCUT2D eigenvalue weighted by Crippen LogP contribution is -2.28. The smallest absolute Gasteiger partial charge is 0.314 e. The monoisotopic (exact) mass is 355 g/mol. The van der Waals surface area contributed by atoms with E-state index in [1.54, 1.807) is 20.8 Å². The second-order valence-corrected chi connectivity index (χ2v) is 6.50. The van der Waals surface area contributed by atoms with Gasteiger partial charge in [0, 0.05) is 11.3 Å². The predicted octanol–water partition coefficient (Wildman–Crippen LogP) is 4.14. The molecular weight excluding hydrogens is 330 g/mol. The van der Waals surface area contributed by atoms with E-state index in [4.69, 9.17) is 4.74 Å². The molecule has 0 amide bonds. The maximum Gasteiger partial charge on any atom is 0.314 e. The highest BCUT2D eigenvalue weighted by Crippen LogP contribution is 2.24. The van der Waals surface area contributed by atoms with E-state index in [9.17, 15) is 14.4 Å². The van der Waals surface area contributed by atoms with E-state index in [-0.39, 0.29) is 11.6 Å². The van der Waals surface area contributed by atoms with Gasteiger partial charge in [0.25, 0.3) is 0 Å². The fourth-order valence-electron chi connectivity index (χ4n) is 3.26. The zero-order valence-corrected chi connectivity index (χ0v) is 15.9. The summed E-state index contributed by atoms with van der Waals surface area (Å²) in [5.74, 6) is -1.28. The van der Waals surface area contributed by atoms with Crippen LogP contribution in [-0.2, 0) is 9.53 Å². The zero-order chi connectivity index (χ0) is 19.4. The number of ether oxygens (including phenoxy) is 1. The molecule has 2 rings (SSSR count). The van der Waals surface area contributed by atoms with Gasteiger partial charge in [-0.15, -0.1) is 0 Å². The van der Waals surface area contributed by atoms with Crippen molar-refractivity contribution in [2.75, 3.05) is 0 Å². The number of carbonyl (C=O) groups is 3. The molecular formula is C21H25NO4. The van der Waals surface area contributed by atoms with Gasteiger partial charge in [-0.2, -0.15) is 0 Å². The number of rotatable bonds is 7. The summed E-state index contributed by atoms with van der Waals surface area (Å²) in [6.45, 7) is 8.40. The summed E-state index contributed by atoms with van der Waals surface area (Å²) >= 11 is 0. The molecule has 2 aromatic rings. The molecule has 0 fully saturated rings. The van der Waals surface area contributed by atoms with Crippen LogP contribution in [0.4, 0.5) is 0 Å². The number of ketones is 2. The van der Waals surface area contributed by atoms with Crippen molar-refractivity contribution in [1.82, 2.24) is 4.98 Å². The van der Waals surface area contributed by atoms with Gasteiger partial charge in [-0.1, -0.05) is 37.3 Å². The Morgan fingerprint density at radius 1 is 1.12 bits per heavy atom. The van der Waals surface area contributed by atoms with Crippen LogP contribution in [0.1, 0.15) is 70.8 Å². The highest BCUT2D eigenvalue weighted by molar-refractivity contribution is 6.05. The van der Waals surface area contributed by atoms with Crippen LogP contribution in [0.25, 0.3) is 0 Å². The molecule has 0 aliphatic rings. The summed E-state index contributed by atoms with van der Waals surface area (Å²) in [6, 6.07) is 9.37. The van der Waals surface area contributed by atoms with Crippen LogP contribution in [0.3, 0.4) is 0 Å². The summed E-state index contributed by atoms with van der Waals surface area (Å²) < 4.78 is 5.45. The molecule has 0 saturated carbocycles. The van der Waals surface area contributed by atoms with Crippen LogP contribution < -0.4 is 0 Å². The van der Waals surface area contributed by atoms with E-state index in [1.807, 2.05) is 37.3 Å². The average Bonchev–Trinajstić information content (AvgIpc) is 2.90. The Labute approximate surface area is 153 Å². The fraction of sp³-hybridized carbons (Fsp3) is 0.381. The number of hydrogen-bond acceptors (Lipinski definition) is 4.